The third kappa shape index (κ3) is 4.97. The van der Waals surface area contributed by atoms with Gasteiger partial charge in [0, 0.05) is 10.7 Å². The molecular formula is C18H15ClF3N3O. The van der Waals surface area contributed by atoms with Crippen LogP contribution in [0, 0.1) is 11.3 Å². The molecule has 8 heteroatoms. The van der Waals surface area contributed by atoms with E-state index >= 15 is 0 Å². The molecule has 0 radical (unpaired) electrons. The molecule has 0 unspecified atom stereocenters. The van der Waals surface area contributed by atoms with E-state index in [9.17, 15) is 18.0 Å². The number of nitriles is 1. The molecule has 0 aliphatic heterocycles. The fraction of sp³-hybridized carbons (Fsp3) is 0.222. The average Bonchev–Trinajstić information content (AvgIpc) is 2.54. The van der Waals surface area contributed by atoms with E-state index in [-0.39, 0.29) is 17.1 Å². The van der Waals surface area contributed by atoms with Crippen LogP contribution in [0.25, 0.3) is 0 Å². The Kier molecular flexibility index (Phi) is 5.59. The second-order valence-corrected chi connectivity index (χ2v) is 6.52. The number of nitrogens with two attached hydrogens (primary N) is 1. The summed E-state index contributed by atoms with van der Waals surface area (Å²) in [7, 11) is 0. The molecule has 0 saturated heterocycles. The number of alkyl halides is 3. The zero-order valence-corrected chi connectivity index (χ0v) is 14.4. The average molecular weight is 382 g/mol. The maximum absolute atomic E-state index is 12.8. The first-order valence-corrected chi connectivity index (χ1v) is 7.86. The molecule has 0 saturated carbocycles. The number of halogens is 4. The highest BCUT2D eigenvalue weighted by Crippen LogP contribution is 2.33. The Balaban J connectivity index is 2.17. The topological polar surface area (TPSA) is 78.9 Å². The first kappa shape index (κ1) is 19.8. The lowest BCUT2D eigenvalue weighted by atomic mass is 9.92. The molecular weight excluding hydrogens is 367 g/mol. The Morgan fingerprint density at radius 2 is 1.85 bits per heavy atom. The van der Waals surface area contributed by atoms with Crippen LogP contribution in [0.2, 0.25) is 5.02 Å². The number of carbonyl (C=O) groups is 1. The van der Waals surface area contributed by atoms with Crippen LogP contribution in [0.3, 0.4) is 0 Å². The molecule has 26 heavy (non-hydrogen) atoms. The molecule has 0 fully saturated rings. The number of nitrogens with one attached hydrogen (secondary N) is 1. The minimum absolute atomic E-state index is 0.0914. The molecule has 2 aromatic rings. The number of hydrogen-bond donors (Lipinski definition) is 2. The van der Waals surface area contributed by atoms with Crippen molar-refractivity contribution in [1.29, 1.82) is 5.26 Å². The summed E-state index contributed by atoms with van der Waals surface area (Å²) in [5, 5.41) is 11.0. The zero-order valence-electron chi connectivity index (χ0n) is 13.7. The maximum Gasteiger partial charge on any atom is 0.416 e. The van der Waals surface area contributed by atoms with Gasteiger partial charge in [-0.2, -0.15) is 18.4 Å². The van der Waals surface area contributed by atoms with Crippen molar-refractivity contribution in [2.45, 2.75) is 25.1 Å². The van der Waals surface area contributed by atoms with Crippen molar-refractivity contribution in [3.05, 3.63) is 64.2 Å². The summed E-state index contributed by atoms with van der Waals surface area (Å²) < 4.78 is 38.5. The molecule has 1 atom stereocenters. The van der Waals surface area contributed by atoms with Crippen LogP contribution < -0.4 is 11.1 Å². The van der Waals surface area contributed by atoms with E-state index in [2.05, 4.69) is 5.32 Å². The van der Waals surface area contributed by atoms with Gasteiger partial charge in [0.25, 0.3) is 0 Å². The molecule has 2 rings (SSSR count). The van der Waals surface area contributed by atoms with Crippen molar-refractivity contribution in [1.82, 2.24) is 0 Å². The van der Waals surface area contributed by atoms with Gasteiger partial charge in [-0.15, -0.1) is 0 Å². The van der Waals surface area contributed by atoms with Gasteiger partial charge in [0.05, 0.1) is 22.7 Å². The third-order valence-electron chi connectivity index (χ3n) is 3.66. The summed E-state index contributed by atoms with van der Waals surface area (Å²) in [5.74, 6) is -0.655. The van der Waals surface area contributed by atoms with Gasteiger partial charge in [-0.3, -0.25) is 4.79 Å². The Morgan fingerprint density at radius 1 is 1.23 bits per heavy atom. The molecule has 4 nitrogen and oxygen atoms in total. The summed E-state index contributed by atoms with van der Waals surface area (Å²) in [5.41, 5.74) is 4.78. The van der Waals surface area contributed by atoms with Gasteiger partial charge in [0.15, 0.2) is 0 Å². The van der Waals surface area contributed by atoms with Gasteiger partial charge in [0.2, 0.25) is 5.91 Å². The number of nitrogens with zero attached hydrogens (tertiary/aromatic N) is 1. The SMILES string of the molecule is C[C@@](N)(Cc1ccc(C#N)cc1)C(=O)Nc1cc(Cl)cc(C(F)(F)F)c1. The molecule has 0 aliphatic carbocycles. The van der Waals surface area contributed by atoms with Crippen LogP contribution in [-0.4, -0.2) is 11.4 Å². The van der Waals surface area contributed by atoms with E-state index in [0.29, 0.717) is 11.1 Å². The van der Waals surface area contributed by atoms with Crippen molar-refractivity contribution in [3.63, 3.8) is 0 Å². The van der Waals surface area contributed by atoms with Gasteiger partial charge in [0.1, 0.15) is 0 Å². The summed E-state index contributed by atoms with van der Waals surface area (Å²) >= 11 is 5.70. The van der Waals surface area contributed by atoms with Crippen LogP contribution in [-0.2, 0) is 17.4 Å². The molecule has 0 aromatic heterocycles. The van der Waals surface area contributed by atoms with Gasteiger partial charge in [-0.1, -0.05) is 23.7 Å². The van der Waals surface area contributed by atoms with Crippen molar-refractivity contribution in [2.75, 3.05) is 5.32 Å². The summed E-state index contributed by atoms with van der Waals surface area (Å²) in [6.45, 7) is 1.47. The maximum atomic E-state index is 12.8. The first-order valence-electron chi connectivity index (χ1n) is 7.48. The Labute approximate surface area is 153 Å². The third-order valence-corrected chi connectivity index (χ3v) is 3.87. The molecule has 0 spiro atoms. The number of benzene rings is 2. The standard InChI is InChI=1S/C18H15ClF3N3O/c1-17(24,9-11-2-4-12(10-23)5-3-11)16(26)25-15-7-13(18(20,21)22)6-14(19)8-15/h2-8H,9,24H2,1H3,(H,25,26)/t17-/m1/s1. The first-order chi connectivity index (χ1) is 12.0. The van der Waals surface area contributed by atoms with Crippen molar-refractivity contribution < 1.29 is 18.0 Å². The highest BCUT2D eigenvalue weighted by atomic mass is 35.5. The second kappa shape index (κ2) is 7.36. The van der Waals surface area contributed by atoms with E-state index in [1.54, 1.807) is 24.3 Å². The second-order valence-electron chi connectivity index (χ2n) is 6.08. The molecule has 2 aromatic carbocycles. The van der Waals surface area contributed by atoms with Crippen molar-refractivity contribution in [3.8, 4) is 6.07 Å². The fourth-order valence-electron chi connectivity index (χ4n) is 2.30. The summed E-state index contributed by atoms with van der Waals surface area (Å²) in [6, 6.07) is 11.3. The van der Waals surface area contributed by atoms with Gasteiger partial charge in [-0.25, -0.2) is 0 Å². The quantitative estimate of drug-likeness (QED) is 0.835. The van der Waals surface area contributed by atoms with Gasteiger partial charge >= 0.3 is 6.18 Å². The van der Waals surface area contributed by atoms with E-state index in [0.717, 1.165) is 12.1 Å². The predicted octanol–water partition coefficient (Wildman–Crippen LogP) is 4.13. The molecule has 3 N–H and O–H groups in total. The zero-order chi connectivity index (χ0) is 19.5. The summed E-state index contributed by atoms with van der Waals surface area (Å²) in [6.07, 6.45) is -4.45. The predicted molar refractivity (Wildman–Crippen MR) is 92.5 cm³/mol. The highest BCUT2D eigenvalue weighted by molar-refractivity contribution is 6.31. The number of carbonyl (C=O) groups excluding carboxylic acids is 1. The molecule has 136 valence electrons. The molecule has 0 bridgehead atoms. The molecule has 0 heterocycles. The van der Waals surface area contributed by atoms with E-state index < -0.39 is 23.2 Å². The Morgan fingerprint density at radius 3 is 2.38 bits per heavy atom. The lowest BCUT2D eigenvalue weighted by Crippen LogP contribution is -2.50. The fourth-order valence-corrected chi connectivity index (χ4v) is 2.54. The van der Waals surface area contributed by atoms with Gasteiger partial charge in [-0.05, 0) is 49.2 Å². The minimum Gasteiger partial charge on any atom is -0.324 e. The van der Waals surface area contributed by atoms with E-state index in [1.165, 1.54) is 13.0 Å². The smallest absolute Gasteiger partial charge is 0.324 e. The van der Waals surface area contributed by atoms with Crippen LogP contribution >= 0.6 is 11.6 Å². The van der Waals surface area contributed by atoms with E-state index in [4.69, 9.17) is 22.6 Å². The largest absolute Gasteiger partial charge is 0.416 e. The number of amides is 1. The van der Waals surface area contributed by atoms with Crippen LogP contribution in [0.4, 0.5) is 18.9 Å². The Hall–Kier alpha value is -2.56. The number of rotatable bonds is 4. The molecule has 0 aliphatic rings. The van der Waals surface area contributed by atoms with Crippen LogP contribution in [0.5, 0.6) is 0 Å². The van der Waals surface area contributed by atoms with Crippen LogP contribution in [0.15, 0.2) is 42.5 Å². The lowest BCUT2D eigenvalue weighted by molar-refractivity contribution is -0.137. The Bertz CT molecular complexity index is 855. The molecule has 1 amide bonds. The van der Waals surface area contributed by atoms with Gasteiger partial charge < -0.3 is 11.1 Å². The number of anilines is 1. The minimum atomic E-state index is -4.58. The monoisotopic (exact) mass is 381 g/mol. The number of hydrogen-bond acceptors (Lipinski definition) is 3. The van der Waals surface area contributed by atoms with E-state index in [1.807, 2.05) is 6.07 Å². The van der Waals surface area contributed by atoms with Crippen LogP contribution in [0.1, 0.15) is 23.6 Å². The lowest BCUT2D eigenvalue weighted by Gasteiger charge is -2.24. The normalized spacial score (nSPS) is 13.6. The van der Waals surface area contributed by atoms with Crippen molar-refractivity contribution in [2.24, 2.45) is 5.73 Å². The highest BCUT2D eigenvalue weighted by Gasteiger charge is 2.32. The van der Waals surface area contributed by atoms with Crippen molar-refractivity contribution >= 4 is 23.2 Å². The summed E-state index contributed by atoms with van der Waals surface area (Å²) in [4.78, 5) is 12.4.